The van der Waals surface area contributed by atoms with Gasteiger partial charge in [-0.25, -0.2) is 4.98 Å². The van der Waals surface area contributed by atoms with Gasteiger partial charge in [0.2, 0.25) is 0 Å². The number of thiazole rings is 1. The van der Waals surface area contributed by atoms with Crippen molar-refractivity contribution in [1.82, 2.24) is 9.97 Å². The summed E-state index contributed by atoms with van der Waals surface area (Å²) in [5.41, 5.74) is 1.46. The molecule has 1 fully saturated rings. The number of hydrogen-bond acceptors (Lipinski definition) is 7. The number of Topliss-reactive ketones (excluding diaryl/α,β-unsaturated/α-hetero) is 1. The summed E-state index contributed by atoms with van der Waals surface area (Å²) in [5, 5.41) is 21.6. The van der Waals surface area contributed by atoms with Crippen LogP contribution in [0, 0.1) is 0 Å². The van der Waals surface area contributed by atoms with Crippen LogP contribution < -0.4 is 4.90 Å². The van der Waals surface area contributed by atoms with E-state index in [9.17, 15) is 19.8 Å². The van der Waals surface area contributed by atoms with Crippen molar-refractivity contribution in [1.29, 1.82) is 0 Å². The highest BCUT2D eigenvalue weighted by atomic mass is 35.5. The Labute approximate surface area is 190 Å². The van der Waals surface area contributed by atoms with Gasteiger partial charge in [0, 0.05) is 23.0 Å². The van der Waals surface area contributed by atoms with Gasteiger partial charge in [0.15, 0.2) is 5.13 Å². The first kappa shape index (κ1) is 20.2. The molecule has 5 rings (SSSR count). The molecule has 1 aliphatic heterocycles. The van der Waals surface area contributed by atoms with Crippen molar-refractivity contribution in [2.24, 2.45) is 0 Å². The van der Waals surface area contributed by atoms with E-state index in [0.717, 1.165) is 4.70 Å². The van der Waals surface area contributed by atoms with E-state index >= 15 is 0 Å². The van der Waals surface area contributed by atoms with Gasteiger partial charge in [-0.2, -0.15) is 0 Å². The summed E-state index contributed by atoms with van der Waals surface area (Å²) in [6, 6.07) is 13.5. The first-order chi connectivity index (χ1) is 15.4. The van der Waals surface area contributed by atoms with E-state index in [0.29, 0.717) is 26.8 Å². The Bertz CT molecular complexity index is 1400. The Morgan fingerprint density at radius 2 is 1.75 bits per heavy atom. The number of carbonyl (C=O) groups is 2. The summed E-state index contributed by atoms with van der Waals surface area (Å²) in [6.45, 7) is 0. The van der Waals surface area contributed by atoms with Crippen LogP contribution in [-0.4, -0.2) is 31.9 Å². The number of pyridine rings is 1. The van der Waals surface area contributed by atoms with Gasteiger partial charge >= 0.3 is 5.91 Å². The topological polar surface area (TPSA) is 104 Å². The van der Waals surface area contributed by atoms with E-state index in [1.165, 1.54) is 40.8 Å². The second kappa shape index (κ2) is 7.74. The highest BCUT2D eigenvalue weighted by Crippen LogP contribution is 2.44. The van der Waals surface area contributed by atoms with Crippen LogP contribution in [0.1, 0.15) is 17.2 Å². The SMILES string of the molecule is O=C1C(=O)N(c2nc3ccc(Cl)cc3s2)C(c2ccc(O)cc2)C1=C(O)c1ccncc1. The minimum Gasteiger partial charge on any atom is -0.508 e. The molecule has 4 aromatic rings. The number of amides is 1. The first-order valence-corrected chi connectivity index (χ1v) is 10.7. The lowest BCUT2D eigenvalue weighted by molar-refractivity contribution is -0.132. The van der Waals surface area contributed by atoms with Gasteiger partial charge in [0.1, 0.15) is 11.5 Å². The standard InChI is InChI=1S/C23H14ClN3O4S/c24-14-3-6-16-17(11-14)32-23(26-16)27-19(12-1-4-15(28)5-2-12)18(21(30)22(27)31)20(29)13-7-9-25-10-8-13/h1-11,19,28-29H. The molecular weight excluding hydrogens is 450 g/mol. The second-order valence-corrected chi connectivity index (χ2v) is 8.55. The normalized spacial score (nSPS) is 17.9. The molecular formula is C23H14ClN3O4S. The fraction of sp³-hybridized carbons (Fsp3) is 0.0435. The average Bonchev–Trinajstić information content (AvgIpc) is 3.32. The van der Waals surface area contributed by atoms with Gasteiger partial charge in [0.05, 0.1) is 21.8 Å². The molecule has 0 aliphatic carbocycles. The van der Waals surface area contributed by atoms with E-state index in [2.05, 4.69) is 9.97 Å². The van der Waals surface area contributed by atoms with Crippen LogP contribution >= 0.6 is 22.9 Å². The lowest BCUT2D eigenvalue weighted by Crippen LogP contribution is -2.29. The molecule has 2 N–H and O–H groups in total. The molecule has 1 amide bonds. The highest BCUT2D eigenvalue weighted by Gasteiger charge is 2.48. The van der Waals surface area contributed by atoms with Crippen molar-refractivity contribution in [2.75, 3.05) is 4.90 Å². The number of phenolic OH excluding ortho intramolecular Hbond substituents is 1. The number of anilines is 1. The highest BCUT2D eigenvalue weighted by molar-refractivity contribution is 7.22. The summed E-state index contributed by atoms with van der Waals surface area (Å²) >= 11 is 7.31. The zero-order valence-electron chi connectivity index (χ0n) is 16.3. The van der Waals surface area contributed by atoms with Gasteiger partial charge in [-0.1, -0.05) is 35.1 Å². The number of benzene rings is 2. The maximum absolute atomic E-state index is 13.2. The summed E-state index contributed by atoms with van der Waals surface area (Å²) in [5.74, 6) is -1.90. The first-order valence-electron chi connectivity index (χ1n) is 9.50. The number of rotatable bonds is 3. The molecule has 0 radical (unpaired) electrons. The van der Waals surface area contributed by atoms with Gasteiger partial charge in [0.25, 0.3) is 5.78 Å². The lowest BCUT2D eigenvalue weighted by atomic mass is 9.95. The molecule has 1 unspecified atom stereocenters. The maximum Gasteiger partial charge on any atom is 0.301 e. The quantitative estimate of drug-likeness (QED) is 0.260. The predicted octanol–water partition coefficient (Wildman–Crippen LogP) is 4.68. The summed E-state index contributed by atoms with van der Waals surface area (Å²) in [6.07, 6.45) is 2.97. The van der Waals surface area contributed by atoms with Gasteiger partial charge < -0.3 is 10.2 Å². The van der Waals surface area contributed by atoms with Crippen molar-refractivity contribution in [3.63, 3.8) is 0 Å². The molecule has 7 nitrogen and oxygen atoms in total. The molecule has 2 aromatic heterocycles. The zero-order chi connectivity index (χ0) is 22.4. The number of aromatic nitrogens is 2. The number of phenols is 1. The Morgan fingerprint density at radius 3 is 2.47 bits per heavy atom. The minimum absolute atomic E-state index is 0.0365. The fourth-order valence-corrected chi connectivity index (χ4v) is 4.92. The number of halogens is 1. The summed E-state index contributed by atoms with van der Waals surface area (Å²) in [7, 11) is 0. The number of aliphatic hydroxyl groups excluding tert-OH is 1. The summed E-state index contributed by atoms with van der Waals surface area (Å²) < 4.78 is 0.757. The number of hydrogen-bond donors (Lipinski definition) is 2. The van der Waals surface area contributed by atoms with Crippen molar-refractivity contribution >= 4 is 55.7 Å². The van der Waals surface area contributed by atoms with Crippen LogP contribution in [0.4, 0.5) is 5.13 Å². The molecule has 9 heteroatoms. The largest absolute Gasteiger partial charge is 0.508 e. The third-order valence-electron chi connectivity index (χ3n) is 5.15. The molecule has 1 saturated heterocycles. The molecule has 0 saturated carbocycles. The van der Waals surface area contributed by atoms with Crippen LogP contribution in [0.2, 0.25) is 5.02 Å². The van der Waals surface area contributed by atoms with Gasteiger partial charge in [-0.15, -0.1) is 0 Å². The van der Waals surface area contributed by atoms with Crippen LogP contribution in [-0.2, 0) is 9.59 Å². The Balaban J connectivity index is 1.73. The molecule has 3 heterocycles. The molecule has 32 heavy (non-hydrogen) atoms. The predicted molar refractivity (Wildman–Crippen MR) is 122 cm³/mol. The Kier molecular flexibility index (Phi) is 4.88. The van der Waals surface area contributed by atoms with Crippen molar-refractivity contribution in [2.45, 2.75) is 6.04 Å². The van der Waals surface area contributed by atoms with Crippen LogP contribution in [0.15, 0.2) is 72.6 Å². The Morgan fingerprint density at radius 1 is 1.03 bits per heavy atom. The number of nitrogens with zero attached hydrogens (tertiary/aromatic N) is 3. The van der Waals surface area contributed by atoms with Crippen molar-refractivity contribution in [3.8, 4) is 5.75 Å². The van der Waals surface area contributed by atoms with Gasteiger partial charge in [-0.05, 0) is 48.0 Å². The van der Waals surface area contributed by atoms with E-state index in [4.69, 9.17) is 11.6 Å². The molecule has 1 atom stereocenters. The van der Waals surface area contributed by atoms with Crippen LogP contribution in [0.5, 0.6) is 5.75 Å². The third-order valence-corrected chi connectivity index (χ3v) is 6.40. The van der Waals surface area contributed by atoms with Crippen molar-refractivity contribution < 1.29 is 19.8 Å². The minimum atomic E-state index is -0.931. The average molecular weight is 464 g/mol. The zero-order valence-corrected chi connectivity index (χ0v) is 17.8. The van der Waals surface area contributed by atoms with Crippen LogP contribution in [0.3, 0.4) is 0 Å². The lowest BCUT2D eigenvalue weighted by Gasteiger charge is -2.23. The fourth-order valence-electron chi connectivity index (χ4n) is 3.66. The molecule has 0 bridgehead atoms. The van der Waals surface area contributed by atoms with E-state index in [1.54, 1.807) is 42.5 Å². The van der Waals surface area contributed by atoms with E-state index < -0.39 is 17.7 Å². The number of fused-ring (bicyclic) bond motifs is 1. The number of carbonyl (C=O) groups excluding carboxylic acids is 2. The smallest absolute Gasteiger partial charge is 0.301 e. The Hall–Kier alpha value is -3.75. The molecule has 158 valence electrons. The molecule has 0 spiro atoms. The van der Waals surface area contributed by atoms with Crippen LogP contribution in [0.25, 0.3) is 16.0 Å². The summed E-state index contributed by atoms with van der Waals surface area (Å²) in [4.78, 5) is 36.0. The third kappa shape index (κ3) is 3.30. The van der Waals surface area contributed by atoms with Crippen molar-refractivity contribution in [3.05, 3.63) is 88.7 Å². The molecule has 2 aromatic carbocycles. The van der Waals surface area contributed by atoms with E-state index in [-0.39, 0.29) is 17.1 Å². The monoisotopic (exact) mass is 463 g/mol. The number of aromatic hydroxyl groups is 1. The second-order valence-electron chi connectivity index (χ2n) is 7.11. The number of aliphatic hydroxyl groups is 1. The number of ketones is 1. The maximum atomic E-state index is 13.2. The molecule has 1 aliphatic rings. The van der Waals surface area contributed by atoms with Gasteiger partial charge in [-0.3, -0.25) is 19.5 Å². The van der Waals surface area contributed by atoms with E-state index in [1.807, 2.05) is 0 Å².